The van der Waals surface area contributed by atoms with Gasteiger partial charge in [0.25, 0.3) is 0 Å². The smallest absolute Gasteiger partial charge is 0.233 e. The summed E-state index contributed by atoms with van der Waals surface area (Å²) in [5.74, 6) is 1.67. The predicted octanol–water partition coefficient (Wildman–Crippen LogP) is 3.18. The molecule has 0 spiro atoms. The van der Waals surface area contributed by atoms with Crippen LogP contribution in [0.2, 0.25) is 0 Å². The van der Waals surface area contributed by atoms with Crippen LogP contribution in [0, 0.1) is 5.82 Å². The van der Waals surface area contributed by atoms with Crippen LogP contribution in [-0.4, -0.2) is 64.0 Å². The Morgan fingerprint density at radius 3 is 2.75 bits per heavy atom. The molecule has 1 saturated heterocycles. The first kappa shape index (κ1) is 20.8. The molecule has 32 heavy (non-hydrogen) atoms. The summed E-state index contributed by atoms with van der Waals surface area (Å²) in [6.45, 7) is 4.13. The topological polar surface area (TPSA) is 59.8 Å². The Morgan fingerprint density at radius 2 is 1.91 bits per heavy atom. The van der Waals surface area contributed by atoms with E-state index in [1.165, 1.54) is 29.5 Å². The van der Waals surface area contributed by atoms with E-state index in [9.17, 15) is 9.18 Å². The first-order valence-electron chi connectivity index (χ1n) is 10.5. The van der Waals surface area contributed by atoms with Gasteiger partial charge in [0, 0.05) is 45.1 Å². The van der Waals surface area contributed by atoms with Crippen molar-refractivity contribution in [1.82, 2.24) is 19.4 Å². The molecule has 0 aliphatic carbocycles. The lowest BCUT2D eigenvalue weighted by Gasteiger charge is -2.34. The molecule has 1 aromatic heterocycles. The molecule has 0 atom stereocenters. The maximum absolute atomic E-state index is 13.6. The van der Waals surface area contributed by atoms with Crippen LogP contribution >= 0.6 is 11.8 Å². The quantitative estimate of drug-likeness (QED) is 0.534. The van der Waals surface area contributed by atoms with E-state index in [0.29, 0.717) is 29.7 Å². The summed E-state index contributed by atoms with van der Waals surface area (Å²) in [6.07, 6.45) is 3.43. The normalized spacial score (nSPS) is 15.8. The van der Waals surface area contributed by atoms with Gasteiger partial charge in [-0.25, -0.2) is 9.37 Å². The molecule has 7 nitrogen and oxygen atoms in total. The number of amides is 1. The maximum Gasteiger partial charge on any atom is 0.233 e. The summed E-state index contributed by atoms with van der Waals surface area (Å²) in [7, 11) is 0. The Kier molecular flexibility index (Phi) is 6.00. The second-order valence-electron chi connectivity index (χ2n) is 7.69. The third-order valence-corrected chi connectivity index (χ3v) is 6.54. The van der Waals surface area contributed by atoms with Crippen molar-refractivity contribution in [3.8, 4) is 17.2 Å². The summed E-state index contributed by atoms with van der Waals surface area (Å²) in [5.41, 5.74) is 1.86. The van der Waals surface area contributed by atoms with Gasteiger partial charge in [0.15, 0.2) is 16.7 Å². The zero-order valence-electron chi connectivity index (χ0n) is 17.4. The van der Waals surface area contributed by atoms with E-state index in [1.54, 1.807) is 23.0 Å². The first-order chi connectivity index (χ1) is 15.7. The van der Waals surface area contributed by atoms with Crippen molar-refractivity contribution in [1.29, 1.82) is 0 Å². The van der Waals surface area contributed by atoms with Crippen LogP contribution < -0.4 is 9.47 Å². The van der Waals surface area contributed by atoms with E-state index in [2.05, 4.69) is 16.0 Å². The highest BCUT2D eigenvalue weighted by Crippen LogP contribution is 2.33. The van der Waals surface area contributed by atoms with Crippen LogP contribution in [-0.2, 0) is 11.3 Å². The molecule has 0 unspecified atom stereocenters. The molecule has 9 heteroatoms. The number of fused-ring (bicyclic) bond motifs is 1. The fourth-order valence-electron chi connectivity index (χ4n) is 3.89. The van der Waals surface area contributed by atoms with Gasteiger partial charge < -0.3 is 14.4 Å². The fourth-order valence-corrected chi connectivity index (χ4v) is 4.77. The van der Waals surface area contributed by atoms with Crippen molar-refractivity contribution in [2.24, 2.45) is 0 Å². The molecule has 166 valence electrons. The van der Waals surface area contributed by atoms with Gasteiger partial charge in [-0.15, -0.1) is 0 Å². The zero-order chi connectivity index (χ0) is 21.9. The first-order valence-corrected chi connectivity index (χ1v) is 11.4. The molecule has 2 aliphatic rings. The van der Waals surface area contributed by atoms with E-state index in [4.69, 9.17) is 9.47 Å². The Balaban J connectivity index is 1.12. The number of hydrogen-bond acceptors (Lipinski definition) is 6. The molecule has 5 rings (SSSR count). The highest BCUT2D eigenvalue weighted by molar-refractivity contribution is 7.99. The highest BCUT2D eigenvalue weighted by Gasteiger charge is 2.22. The third-order valence-electron chi connectivity index (χ3n) is 5.59. The minimum atomic E-state index is -0.304. The molecule has 0 N–H and O–H groups in total. The van der Waals surface area contributed by atoms with Crippen LogP contribution in [0.3, 0.4) is 0 Å². The van der Waals surface area contributed by atoms with E-state index >= 15 is 0 Å². The summed E-state index contributed by atoms with van der Waals surface area (Å²) in [6, 6.07) is 12.4. The number of thioether (sulfide) groups is 1. The summed E-state index contributed by atoms with van der Waals surface area (Å²) in [4.78, 5) is 21.3. The Bertz CT molecular complexity index is 1110. The van der Waals surface area contributed by atoms with Crippen molar-refractivity contribution in [3.05, 3.63) is 66.2 Å². The number of carbonyl (C=O) groups is 1. The zero-order valence-corrected chi connectivity index (χ0v) is 18.3. The number of aromatic nitrogens is 2. The van der Waals surface area contributed by atoms with Gasteiger partial charge in [0.2, 0.25) is 12.7 Å². The Morgan fingerprint density at radius 1 is 1.06 bits per heavy atom. The van der Waals surface area contributed by atoms with Gasteiger partial charge in [0.1, 0.15) is 5.82 Å². The lowest BCUT2D eigenvalue weighted by Crippen LogP contribution is -2.48. The van der Waals surface area contributed by atoms with Crippen LogP contribution in [0.25, 0.3) is 5.69 Å². The van der Waals surface area contributed by atoms with Crippen LogP contribution in [0.1, 0.15) is 5.56 Å². The number of benzene rings is 2. The second kappa shape index (κ2) is 9.22. The average Bonchev–Trinajstić information content (AvgIpc) is 3.47. The minimum absolute atomic E-state index is 0.0894. The van der Waals surface area contributed by atoms with Crippen molar-refractivity contribution in [2.45, 2.75) is 11.7 Å². The molecule has 1 amide bonds. The SMILES string of the molecule is O=C(CSc1nccn1-c1cccc(F)c1)N1CCN(Cc2ccc3c(c2)OCO3)CC1. The molecule has 0 bridgehead atoms. The van der Waals surface area contributed by atoms with E-state index in [0.717, 1.165) is 31.1 Å². The molecule has 0 saturated carbocycles. The molecular formula is C23H23FN4O3S. The number of rotatable bonds is 6. The largest absolute Gasteiger partial charge is 0.454 e. The Hall–Kier alpha value is -3.04. The molecule has 1 fully saturated rings. The number of hydrogen-bond donors (Lipinski definition) is 0. The molecule has 0 radical (unpaired) electrons. The summed E-state index contributed by atoms with van der Waals surface area (Å²) >= 11 is 1.37. The van der Waals surface area contributed by atoms with Gasteiger partial charge in [-0.2, -0.15) is 0 Å². The maximum atomic E-state index is 13.6. The van der Waals surface area contributed by atoms with Crippen LogP contribution in [0.5, 0.6) is 11.5 Å². The number of halogens is 1. The van der Waals surface area contributed by atoms with Gasteiger partial charge in [-0.1, -0.05) is 23.9 Å². The number of nitrogens with zero attached hydrogens (tertiary/aromatic N) is 4. The van der Waals surface area contributed by atoms with E-state index < -0.39 is 0 Å². The van der Waals surface area contributed by atoms with Crippen molar-refractivity contribution < 1.29 is 18.7 Å². The van der Waals surface area contributed by atoms with Crippen molar-refractivity contribution >= 4 is 17.7 Å². The number of piperazine rings is 1. The molecular weight excluding hydrogens is 431 g/mol. The molecule has 3 heterocycles. The Labute approximate surface area is 189 Å². The fraction of sp³-hybridized carbons (Fsp3) is 0.304. The summed E-state index contributed by atoms with van der Waals surface area (Å²) in [5, 5.41) is 0.672. The van der Waals surface area contributed by atoms with Crippen molar-refractivity contribution in [2.75, 3.05) is 38.7 Å². The minimum Gasteiger partial charge on any atom is -0.454 e. The summed E-state index contributed by atoms with van der Waals surface area (Å²) < 4.78 is 26.2. The predicted molar refractivity (Wildman–Crippen MR) is 119 cm³/mol. The molecule has 2 aromatic carbocycles. The lowest BCUT2D eigenvalue weighted by atomic mass is 10.1. The van der Waals surface area contributed by atoms with Gasteiger partial charge in [-0.3, -0.25) is 14.3 Å². The van der Waals surface area contributed by atoms with Gasteiger partial charge in [-0.05, 0) is 35.9 Å². The van der Waals surface area contributed by atoms with Crippen LogP contribution in [0.4, 0.5) is 4.39 Å². The standard InChI is InChI=1S/C23H23FN4O3S/c24-18-2-1-3-19(13-18)28-7-6-25-23(28)32-15-22(29)27-10-8-26(9-11-27)14-17-4-5-20-21(12-17)31-16-30-20/h1-7,12-13H,8-11,14-16H2. The third kappa shape index (κ3) is 4.58. The van der Waals surface area contributed by atoms with E-state index in [1.807, 2.05) is 23.1 Å². The highest BCUT2D eigenvalue weighted by atomic mass is 32.2. The van der Waals surface area contributed by atoms with E-state index in [-0.39, 0.29) is 18.5 Å². The molecule has 3 aromatic rings. The average molecular weight is 455 g/mol. The van der Waals surface area contributed by atoms with Gasteiger partial charge in [0.05, 0.1) is 11.4 Å². The van der Waals surface area contributed by atoms with Gasteiger partial charge >= 0.3 is 0 Å². The molecule has 2 aliphatic heterocycles. The number of imidazole rings is 1. The van der Waals surface area contributed by atoms with Crippen molar-refractivity contribution in [3.63, 3.8) is 0 Å². The lowest BCUT2D eigenvalue weighted by molar-refractivity contribution is -0.130. The van der Waals surface area contributed by atoms with Crippen LogP contribution in [0.15, 0.2) is 60.0 Å². The monoisotopic (exact) mass is 454 g/mol. The second-order valence-corrected chi connectivity index (χ2v) is 8.64. The number of carbonyl (C=O) groups excluding carboxylic acids is 1. The number of ether oxygens (including phenoxy) is 2.